The number of carbonyl (C=O) groups excluding carboxylic acids is 1. The zero-order valence-electron chi connectivity index (χ0n) is 13.4. The highest BCUT2D eigenvalue weighted by atomic mass is 32.2. The number of rotatable bonds is 4. The van der Waals surface area contributed by atoms with E-state index in [2.05, 4.69) is 0 Å². The molecule has 0 aliphatic carbocycles. The molecule has 1 aromatic carbocycles. The second kappa shape index (κ2) is 7.06. The van der Waals surface area contributed by atoms with Crippen molar-refractivity contribution in [3.05, 3.63) is 30.1 Å². The van der Waals surface area contributed by atoms with E-state index in [1.54, 1.807) is 17.0 Å². The topological polar surface area (TPSA) is 68.1 Å². The smallest absolute Gasteiger partial charge is 0.260 e. The molecule has 1 N–H and O–H groups in total. The van der Waals surface area contributed by atoms with Crippen molar-refractivity contribution in [3.63, 3.8) is 0 Å². The lowest BCUT2D eigenvalue weighted by Crippen LogP contribution is -3.18. The maximum atomic E-state index is 13.5. The van der Waals surface area contributed by atoms with Gasteiger partial charge in [-0.25, -0.2) is 12.8 Å². The van der Waals surface area contributed by atoms with E-state index in [-0.39, 0.29) is 35.8 Å². The van der Waals surface area contributed by atoms with Crippen LogP contribution in [0.15, 0.2) is 24.3 Å². The van der Waals surface area contributed by atoms with E-state index in [9.17, 15) is 17.6 Å². The molecule has 0 aromatic heterocycles. The summed E-state index contributed by atoms with van der Waals surface area (Å²) in [6, 6.07) is 6.15. The largest absolute Gasteiger partial charge is 0.481 e. The molecule has 24 heavy (non-hydrogen) atoms. The van der Waals surface area contributed by atoms with E-state index in [1.165, 1.54) is 17.0 Å². The summed E-state index contributed by atoms with van der Waals surface area (Å²) in [4.78, 5) is 15.1. The molecule has 2 aliphatic heterocycles. The fourth-order valence-electron chi connectivity index (χ4n) is 3.36. The number of benzene rings is 1. The average Bonchev–Trinajstić information content (AvgIpc) is 2.94. The minimum absolute atomic E-state index is 0.0753. The molecule has 2 fully saturated rings. The number of ether oxygens (including phenoxy) is 1. The van der Waals surface area contributed by atoms with E-state index in [1.807, 2.05) is 0 Å². The Morgan fingerprint density at radius 1 is 1.29 bits per heavy atom. The van der Waals surface area contributed by atoms with Crippen molar-refractivity contribution in [1.29, 1.82) is 0 Å². The van der Waals surface area contributed by atoms with Gasteiger partial charge in [0.2, 0.25) is 0 Å². The summed E-state index contributed by atoms with van der Waals surface area (Å²) < 4.78 is 41.9. The summed E-state index contributed by atoms with van der Waals surface area (Å²) in [6.45, 7) is 2.45. The number of hydrogen-bond donors (Lipinski definition) is 1. The molecule has 0 radical (unpaired) electrons. The summed E-state index contributed by atoms with van der Waals surface area (Å²) in [6.07, 6.45) is 0.710. The van der Waals surface area contributed by atoms with Crippen molar-refractivity contribution >= 4 is 15.7 Å². The van der Waals surface area contributed by atoms with Crippen LogP contribution in [0.4, 0.5) is 4.39 Å². The number of quaternary nitrogens is 1. The molecular formula is C16H22FN2O4S+. The van der Waals surface area contributed by atoms with Crippen LogP contribution < -0.4 is 9.64 Å². The molecule has 2 saturated heterocycles. The molecule has 1 amide bonds. The normalized spacial score (nSPS) is 24.0. The van der Waals surface area contributed by atoms with Crippen LogP contribution in [-0.4, -0.2) is 69.6 Å². The standard InChI is InChI=1S/C16H21FN2O4S/c17-14-3-1-2-4-15(14)23-11-16(20)19-8-6-18(7-9-19)13-5-10-24(21,22)12-13/h1-4,13H,5-12H2/p+1/t13-/m0/s1. The Labute approximate surface area is 141 Å². The predicted molar refractivity (Wildman–Crippen MR) is 86.2 cm³/mol. The van der Waals surface area contributed by atoms with Gasteiger partial charge in [0.25, 0.3) is 5.91 Å². The summed E-state index contributed by atoms with van der Waals surface area (Å²) >= 11 is 0. The fraction of sp³-hybridized carbons (Fsp3) is 0.562. The fourth-order valence-corrected chi connectivity index (χ4v) is 5.19. The maximum Gasteiger partial charge on any atom is 0.260 e. The third kappa shape index (κ3) is 4.05. The first-order valence-electron chi connectivity index (χ1n) is 8.15. The van der Waals surface area contributed by atoms with Crippen LogP contribution in [0.5, 0.6) is 5.75 Å². The van der Waals surface area contributed by atoms with Crippen molar-refractivity contribution in [1.82, 2.24) is 4.90 Å². The SMILES string of the molecule is O=C(COc1ccccc1F)N1CC[NH+]([C@H]2CCS(=O)(=O)C2)CC1. The Kier molecular flexibility index (Phi) is 5.05. The van der Waals surface area contributed by atoms with Crippen molar-refractivity contribution < 1.29 is 27.2 Å². The van der Waals surface area contributed by atoms with Gasteiger partial charge in [-0.3, -0.25) is 4.79 Å². The number of nitrogens with zero attached hydrogens (tertiary/aromatic N) is 1. The van der Waals surface area contributed by atoms with Gasteiger partial charge in [-0.15, -0.1) is 0 Å². The summed E-state index contributed by atoms with van der Waals surface area (Å²) in [5, 5.41) is 0. The molecule has 132 valence electrons. The average molecular weight is 357 g/mol. The Hall–Kier alpha value is -1.67. The number of carbonyl (C=O) groups is 1. The third-order valence-corrected chi connectivity index (χ3v) is 6.52. The number of amides is 1. The molecule has 1 atom stereocenters. The van der Waals surface area contributed by atoms with Gasteiger partial charge in [-0.1, -0.05) is 12.1 Å². The minimum Gasteiger partial charge on any atom is -0.481 e. The zero-order chi connectivity index (χ0) is 17.2. The number of sulfone groups is 1. The molecule has 0 spiro atoms. The maximum absolute atomic E-state index is 13.5. The van der Waals surface area contributed by atoms with Crippen LogP contribution in [-0.2, 0) is 14.6 Å². The number of piperazine rings is 1. The van der Waals surface area contributed by atoms with Crippen LogP contribution >= 0.6 is 0 Å². The molecule has 1 aromatic rings. The van der Waals surface area contributed by atoms with Crippen LogP contribution in [0.1, 0.15) is 6.42 Å². The Balaban J connectivity index is 1.46. The zero-order valence-corrected chi connectivity index (χ0v) is 14.2. The Morgan fingerprint density at radius 3 is 2.62 bits per heavy atom. The molecule has 2 aliphatic rings. The third-order valence-electron chi connectivity index (χ3n) is 4.76. The second-order valence-electron chi connectivity index (χ2n) is 6.36. The van der Waals surface area contributed by atoms with Gasteiger partial charge in [0, 0.05) is 6.42 Å². The Morgan fingerprint density at radius 2 is 2.00 bits per heavy atom. The number of halogens is 1. The first kappa shape index (κ1) is 17.2. The van der Waals surface area contributed by atoms with Crippen LogP contribution in [0.2, 0.25) is 0 Å². The first-order valence-corrected chi connectivity index (χ1v) is 9.97. The minimum atomic E-state index is -2.87. The highest BCUT2D eigenvalue weighted by Gasteiger charge is 2.37. The molecular weight excluding hydrogens is 335 g/mol. The predicted octanol–water partition coefficient (Wildman–Crippen LogP) is -0.881. The summed E-state index contributed by atoms with van der Waals surface area (Å²) in [5.41, 5.74) is 0. The lowest BCUT2D eigenvalue weighted by atomic mass is 10.2. The van der Waals surface area contributed by atoms with E-state index in [0.717, 1.165) is 13.1 Å². The van der Waals surface area contributed by atoms with Crippen molar-refractivity contribution in [2.45, 2.75) is 12.5 Å². The highest BCUT2D eigenvalue weighted by Crippen LogP contribution is 2.15. The van der Waals surface area contributed by atoms with Gasteiger partial charge < -0.3 is 14.5 Å². The Bertz CT molecular complexity index is 702. The lowest BCUT2D eigenvalue weighted by molar-refractivity contribution is -0.925. The number of hydrogen-bond acceptors (Lipinski definition) is 4. The van der Waals surface area contributed by atoms with E-state index >= 15 is 0 Å². The van der Waals surface area contributed by atoms with Crippen LogP contribution in [0.25, 0.3) is 0 Å². The van der Waals surface area contributed by atoms with Crippen molar-refractivity contribution in [3.8, 4) is 5.75 Å². The van der Waals surface area contributed by atoms with Gasteiger partial charge in [0.1, 0.15) is 11.8 Å². The van der Waals surface area contributed by atoms with Crippen molar-refractivity contribution in [2.24, 2.45) is 0 Å². The molecule has 6 nitrogen and oxygen atoms in total. The molecule has 3 rings (SSSR count). The quantitative estimate of drug-likeness (QED) is 0.760. The highest BCUT2D eigenvalue weighted by molar-refractivity contribution is 7.91. The van der Waals surface area contributed by atoms with E-state index < -0.39 is 15.7 Å². The molecule has 0 unspecified atom stereocenters. The van der Waals surface area contributed by atoms with E-state index in [4.69, 9.17) is 4.74 Å². The number of nitrogens with one attached hydrogen (secondary N) is 1. The molecule has 0 saturated carbocycles. The lowest BCUT2D eigenvalue weighted by Gasteiger charge is -2.34. The number of para-hydroxylation sites is 1. The molecule has 8 heteroatoms. The van der Waals surface area contributed by atoms with Crippen molar-refractivity contribution in [2.75, 3.05) is 44.3 Å². The van der Waals surface area contributed by atoms with Gasteiger partial charge in [0.15, 0.2) is 28.0 Å². The monoisotopic (exact) mass is 357 g/mol. The van der Waals surface area contributed by atoms with Gasteiger partial charge >= 0.3 is 0 Å². The van der Waals surface area contributed by atoms with Crippen LogP contribution in [0, 0.1) is 5.82 Å². The second-order valence-corrected chi connectivity index (χ2v) is 8.59. The van der Waals surface area contributed by atoms with Crippen LogP contribution in [0.3, 0.4) is 0 Å². The van der Waals surface area contributed by atoms with Gasteiger partial charge in [0.05, 0.1) is 31.9 Å². The molecule has 2 heterocycles. The van der Waals surface area contributed by atoms with Gasteiger partial charge in [-0.05, 0) is 12.1 Å². The summed E-state index contributed by atoms with van der Waals surface area (Å²) in [7, 11) is -2.87. The summed E-state index contributed by atoms with van der Waals surface area (Å²) in [5.74, 6) is -0.0444. The van der Waals surface area contributed by atoms with E-state index in [0.29, 0.717) is 19.5 Å². The molecule has 0 bridgehead atoms. The van der Waals surface area contributed by atoms with Gasteiger partial charge in [-0.2, -0.15) is 0 Å². The first-order chi connectivity index (χ1) is 11.4.